The summed E-state index contributed by atoms with van der Waals surface area (Å²) in [4.78, 5) is 12.2. The quantitative estimate of drug-likeness (QED) is 0.402. The predicted molar refractivity (Wildman–Crippen MR) is 114 cm³/mol. The van der Waals surface area contributed by atoms with Gasteiger partial charge in [0.15, 0.2) is 0 Å². The monoisotopic (exact) mass is 493 g/mol. The summed E-state index contributed by atoms with van der Waals surface area (Å²) in [7, 11) is 0. The SMILES string of the molecule is CCOC(=O)C[C@H]1O[C@H](c2cccc(OC(F)(F)F)c2Cl)c2cc(Cl)ccc2NC1=S. The van der Waals surface area contributed by atoms with Gasteiger partial charge in [0.2, 0.25) is 0 Å². The minimum Gasteiger partial charge on any atom is -0.466 e. The topological polar surface area (TPSA) is 56.8 Å². The number of benzene rings is 2. The highest BCUT2D eigenvalue weighted by atomic mass is 35.5. The zero-order valence-electron chi connectivity index (χ0n) is 16.0. The Morgan fingerprint density at radius 3 is 2.65 bits per heavy atom. The molecule has 0 saturated heterocycles. The molecule has 0 unspecified atom stereocenters. The first-order valence-electron chi connectivity index (χ1n) is 9.04. The van der Waals surface area contributed by atoms with Crippen molar-refractivity contribution < 1.29 is 32.2 Å². The van der Waals surface area contributed by atoms with Gasteiger partial charge in [0, 0.05) is 21.8 Å². The Hall–Kier alpha value is -2.07. The lowest BCUT2D eigenvalue weighted by atomic mass is 9.99. The Morgan fingerprint density at radius 1 is 1.23 bits per heavy atom. The molecule has 0 saturated carbocycles. The average Bonchev–Trinajstić information content (AvgIpc) is 2.80. The largest absolute Gasteiger partial charge is 0.573 e. The fourth-order valence-electron chi connectivity index (χ4n) is 3.06. The Kier molecular flexibility index (Phi) is 7.31. The second-order valence-corrected chi connectivity index (χ2v) is 7.70. The highest BCUT2D eigenvalue weighted by Gasteiger charge is 2.35. The van der Waals surface area contributed by atoms with E-state index in [4.69, 9.17) is 44.9 Å². The van der Waals surface area contributed by atoms with Gasteiger partial charge in [-0.1, -0.05) is 47.6 Å². The van der Waals surface area contributed by atoms with Crippen molar-refractivity contribution in [1.82, 2.24) is 0 Å². The third kappa shape index (κ3) is 5.79. The number of carbonyl (C=O) groups excluding carboxylic acids is 1. The number of fused-ring (bicyclic) bond motifs is 1. The van der Waals surface area contributed by atoms with Crippen LogP contribution in [0.15, 0.2) is 36.4 Å². The molecule has 1 heterocycles. The van der Waals surface area contributed by atoms with Gasteiger partial charge in [-0.2, -0.15) is 0 Å². The lowest BCUT2D eigenvalue weighted by Crippen LogP contribution is -2.31. The molecule has 0 bridgehead atoms. The van der Waals surface area contributed by atoms with E-state index in [2.05, 4.69) is 10.1 Å². The van der Waals surface area contributed by atoms with Crippen LogP contribution >= 0.6 is 35.4 Å². The third-order valence-electron chi connectivity index (χ3n) is 4.31. The number of rotatable bonds is 5. The lowest BCUT2D eigenvalue weighted by Gasteiger charge is -2.24. The highest BCUT2D eigenvalue weighted by molar-refractivity contribution is 7.80. The van der Waals surface area contributed by atoms with Crippen LogP contribution in [0.2, 0.25) is 10.0 Å². The van der Waals surface area contributed by atoms with Gasteiger partial charge in [0.1, 0.15) is 22.9 Å². The molecule has 31 heavy (non-hydrogen) atoms. The smallest absolute Gasteiger partial charge is 0.466 e. The summed E-state index contributed by atoms with van der Waals surface area (Å²) in [6.07, 6.45) is -7.05. The molecular weight excluding hydrogens is 478 g/mol. The van der Waals surface area contributed by atoms with E-state index in [1.807, 2.05) is 0 Å². The molecule has 2 atom stereocenters. The van der Waals surface area contributed by atoms with E-state index >= 15 is 0 Å². The van der Waals surface area contributed by atoms with Gasteiger partial charge in [-0.25, -0.2) is 0 Å². The number of ether oxygens (including phenoxy) is 3. The first kappa shape index (κ1) is 23.6. The Bertz CT molecular complexity index is 1000. The fourth-order valence-corrected chi connectivity index (χ4v) is 3.76. The molecule has 5 nitrogen and oxygen atoms in total. The number of hydrogen-bond acceptors (Lipinski definition) is 5. The van der Waals surface area contributed by atoms with Gasteiger partial charge in [0.05, 0.1) is 18.1 Å². The number of halogens is 5. The predicted octanol–water partition coefficient (Wildman–Crippen LogP) is 6.07. The number of carbonyl (C=O) groups is 1. The molecule has 0 amide bonds. The summed E-state index contributed by atoms with van der Waals surface area (Å²) in [5.41, 5.74) is 1.18. The Morgan fingerprint density at radius 2 is 1.97 bits per heavy atom. The maximum Gasteiger partial charge on any atom is 0.573 e. The van der Waals surface area contributed by atoms with Crippen LogP contribution < -0.4 is 10.1 Å². The van der Waals surface area contributed by atoms with Crippen molar-refractivity contribution in [3.63, 3.8) is 0 Å². The van der Waals surface area contributed by atoms with E-state index in [-0.39, 0.29) is 28.6 Å². The number of anilines is 1. The second-order valence-electron chi connectivity index (χ2n) is 6.44. The minimum absolute atomic E-state index is 0.174. The number of esters is 1. The number of alkyl halides is 3. The second kappa shape index (κ2) is 9.60. The highest BCUT2D eigenvalue weighted by Crippen LogP contribution is 2.43. The van der Waals surface area contributed by atoms with Crippen LogP contribution in [0.5, 0.6) is 5.75 Å². The molecule has 3 rings (SSSR count). The van der Waals surface area contributed by atoms with E-state index in [1.165, 1.54) is 12.1 Å². The number of thiocarbonyl (C=S) groups is 1. The summed E-state index contributed by atoms with van der Waals surface area (Å²) in [5.74, 6) is -1.12. The molecule has 1 aliphatic rings. The van der Waals surface area contributed by atoms with Crippen molar-refractivity contribution in [3.8, 4) is 5.75 Å². The molecule has 166 valence electrons. The molecule has 0 aliphatic carbocycles. The first-order valence-corrected chi connectivity index (χ1v) is 10.2. The molecule has 0 radical (unpaired) electrons. The van der Waals surface area contributed by atoms with Crippen LogP contribution in [-0.4, -0.2) is 30.0 Å². The molecule has 1 N–H and O–H groups in total. The van der Waals surface area contributed by atoms with E-state index in [1.54, 1.807) is 25.1 Å². The summed E-state index contributed by atoms with van der Waals surface area (Å²) in [6, 6.07) is 8.79. The van der Waals surface area contributed by atoms with Crippen LogP contribution in [0.25, 0.3) is 0 Å². The molecule has 2 aromatic carbocycles. The third-order valence-corrected chi connectivity index (χ3v) is 5.31. The van der Waals surface area contributed by atoms with Crippen molar-refractivity contribution in [2.75, 3.05) is 11.9 Å². The standard InChI is InChI=1S/C20H16Cl2F3NO4S/c1-2-28-16(27)9-15-19(31)26-13-7-6-10(21)8-12(13)18(29-15)11-4-3-5-14(17(11)22)30-20(23,24)25/h3-8,15,18H,2,9H2,1H3,(H,26,31)/t15-,18-/m1/s1. The number of nitrogens with one attached hydrogen (secondary N) is 1. The van der Waals surface area contributed by atoms with Crippen molar-refractivity contribution in [1.29, 1.82) is 0 Å². The molecular formula is C20H16Cl2F3NO4S. The van der Waals surface area contributed by atoms with Gasteiger partial charge in [-0.15, -0.1) is 13.2 Å². The van der Waals surface area contributed by atoms with E-state index in [9.17, 15) is 18.0 Å². The van der Waals surface area contributed by atoms with Crippen molar-refractivity contribution in [2.24, 2.45) is 0 Å². The normalized spacial score (nSPS) is 18.6. The van der Waals surface area contributed by atoms with E-state index < -0.39 is 30.3 Å². The lowest BCUT2D eigenvalue weighted by molar-refractivity contribution is -0.274. The van der Waals surface area contributed by atoms with E-state index in [0.717, 1.165) is 6.07 Å². The van der Waals surface area contributed by atoms with Crippen LogP contribution in [0.3, 0.4) is 0 Å². The van der Waals surface area contributed by atoms with Crippen molar-refractivity contribution in [2.45, 2.75) is 31.9 Å². The first-order chi connectivity index (χ1) is 14.6. The number of hydrogen-bond donors (Lipinski definition) is 1. The van der Waals surface area contributed by atoms with Crippen molar-refractivity contribution >= 4 is 52.1 Å². The fraction of sp³-hybridized carbons (Fsp3) is 0.300. The van der Waals surface area contributed by atoms with Crippen LogP contribution in [0, 0.1) is 0 Å². The molecule has 0 spiro atoms. The van der Waals surface area contributed by atoms with Gasteiger partial charge in [-0.05, 0) is 31.2 Å². The van der Waals surface area contributed by atoms with Crippen molar-refractivity contribution in [3.05, 3.63) is 57.6 Å². The van der Waals surface area contributed by atoms with Gasteiger partial charge in [0.25, 0.3) is 0 Å². The molecule has 11 heteroatoms. The molecule has 0 fully saturated rings. The summed E-state index contributed by atoms with van der Waals surface area (Å²) in [5, 5.41) is 3.08. The summed E-state index contributed by atoms with van der Waals surface area (Å²) in [6.45, 7) is 1.84. The summed E-state index contributed by atoms with van der Waals surface area (Å²) >= 11 is 17.8. The zero-order valence-corrected chi connectivity index (χ0v) is 18.3. The molecule has 1 aliphatic heterocycles. The Balaban J connectivity index is 2.07. The molecule has 2 aromatic rings. The van der Waals surface area contributed by atoms with Crippen LogP contribution in [-0.2, 0) is 14.3 Å². The van der Waals surface area contributed by atoms with Gasteiger partial charge in [-0.3, -0.25) is 4.79 Å². The minimum atomic E-state index is -4.93. The Labute approximate surface area is 191 Å². The maximum absolute atomic E-state index is 12.8. The van der Waals surface area contributed by atoms with E-state index in [0.29, 0.717) is 16.3 Å². The van der Waals surface area contributed by atoms with Crippen LogP contribution in [0.1, 0.15) is 30.6 Å². The summed E-state index contributed by atoms with van der Waals surface area (Å²) < 4.78 is 53.4. The average molecular weight is 494 g/mol. The van der Waals surface area contributed by atoms with Gasteiger partial charge >= 0.3 is 12.3 Å². The zero-order chi connectivity index (χ0) is 22.8. The van der Waals surface area contributed by atoms with Crippen LogP contribution in [0.4, 0.5) is 18.9 Å². The maximum atomic E-state index is 12.8. The molecule has 0 aromatic heterocycles. The van der Waals surface area contributed by atoms with Gasteiger partial charge < -0.3 is 19.5 Å².